The maximum absolute atomic E-state index is 12.8. The van der Waals surface area contributed by atoms with Crippen molar-refractivity contribution in [2.75, 3.05) is 18.2 Å². The Morgan fingerprint density at radius 3 is 2.47 bits per heavy atom. The molecule has 1 aromatic heterocycles. The molecule has 0 radical (unpaired) electrons. The molecule has 180 valence electrons. The van der Waals surface area contributed by atoms with Crippen molar-refractivity contribution in [3.63, 3.8) is 0 Å². The van der Waals surface area contributed by atoms with Crippen LogP contribution in [0.1, 0.15) is 29.8 Å². The van der Waals surface area contributed by atoms with Gasteiger partial charge in [0.05, 0.1) is 18.4 Å². The summed E-state index contributed by atoms with van der Waals surface area (Å²) in [6, 6.07) is 9.06. The number of thioether (sulfide) groups is 1. The number of nitrogens with one attached hydrogen (secondary N) is 1. The lowest BCUT2D eigenvalue weighted by Gasteiger charge is -2.26. The highest BCUT2D eigenvalue weighted by Gasteiger charge is 2.35. The minimum atomic E-state index is -2.91. The number of carbonyl (C=O) groups excluding carboxylic acids is 3. The molecule has 34 heavy (non-hydrogen) atoms. The first-order chi connectivity index (χ1) is 16.2. The molecule has 2 aromatic rings. The minimum Gasteiger partial charge on any atom is -0.465 e. The van der Waals surface area contributed by atoms with Gasteiger partial charge in [0.25, 0.3) is 5.91 Å². The fourth-order valence-corrected chi connectivity index (χ4v) is 4.45. The zero-order valence-electron chi connectivity index (χ0n) is 18.7. The molecule has 0 saturated carbocycles. The summed E-state index contributed by atoms with van der Waals surface area (Å²) in [5.74, 6) is -0.619. The van der Waals surface area contributed by atoms with Crippen LogP contribution in [0, 0.1) is 0 Å². The van der Waals surface area contributed by atoms with Crippen LogP contribution in [0.4, 0.5) is 14.6 Å². The molecule has 0 saturated heterocycles. The van der Waals surface area contributed by atoms with Gasteiger partial charge < -0.3 is 19.7 Å². The van der Waals surface area contributed by atoms with E-state index in [0.717, 1.165) is 11.1 Å². The third kappa shape index (κ3) is 6.10. The number of hydrogen-bond acceptors (Lipinski definition) is 7. The van der Waals surface area contributed by atoms with Gasteiger partial charge in [-0.15, -0.1) is 11.8 Å². The summed E-state index contributed by atoms with van der Waals surface area (Å²) in [6.07, 6.45) is 1.31. The summed E-state index contributed by atoms with van der Waals surface area (Å²) in [6.45, 7) is 0.916. The van der Waals surface area contributed by atoms with E-state index in [9.17, 15) is 23.2 Å². The number of ether oxygens (including phenoxy) is 2. The lowest BCUT2D eigenvalue weighted by Crippen LogP contribution is -2.34. The molecule has 8 nitrogen and oxygen atoms in total. The molecule has 2 heterocycles. The maximum Gasteiger partial charge on any atom is 0.387 e. The molecule has 0 bridgehead atoms. The van der Waals surface area contributed by atoms with Crippen LogP contribution in [0.25, 0.3) is 0 Å². The summed E-state index contributed by atoms with van der Waals surface area (Å²) >= 11 is 1.29. The van der Waals surface area contributed by atoms with E-state index in [1.54, 1.807) is 24.0 Å². The van der Waals surface area contributed by atoms with E-state index in [4.69, 9.17) is 0 Å². The van der Waals surface area contributed by atoms with Crippen LogP contribution in [-0.4, -0.2) is 52.5 Å². The number of benzene rings is 1. The predicted molar refractivity (Wildman–Crippen MR) is 122 cm³/mol. The summed E-state index contributed by atoms with van der Waals surface area (Å²) in [4.78, 5) is 42.4. The lowest BCUT2D eigenvalue weighted by molar-refractivity contribution is -0.126. The Morgan fingerprint density at radius 1 is 1.18 bits per heavy atom. The van der Waals surface area contributed by atoms with Crippen molar-refractivity contribution in [3.8, 4) is 5.75 Å². The molecule has 1 aliphatic heterocycles. The highest BCUT2D eigenvalue weighted by molar-refractivity contribution is 8.00. The number of nitrogens with zero attached hydrogens (tertiary/aromatic N) is 2. The largest absolute Gasteiger partial charge is 0.465 e. The average Bonchev–Trinajstić information content (AvgIpc) is 3.01. The van der Waals surface area contributed by atoms with Crippen LogP contribution in [0.15, 0.2) is 53.7 Å². The van der Waals surface area contributed by atoms with Crippen molar-refractivity contribution >= 4 is 35.4 Å². The normalized spacial score (nSPS) is 15.6. The Labute approximate surface area is 199 Å². The molecular weight excluding hydrogens is 468 g/mol. The molecule has 2 amide bonds. The van der Waals surface area contributed by atoms with Gasteiger partial charge in [0.2, 0.25) is 5.91 Å². The van der Waals surface area contributed by atoms with Gasteiger partial charge in [-0.1, -0.05) is 12.1 Å². The van der Waals surface area contributed by atoms with E-state index in [2.05, 4.69) is 19.8 Å². The molecule has 0 fully saturated rings. The summed E-state index contributed by atoms with van der Waals surface area (Å²) in [5, 5.41) is 2.30. The molecule has 3 rings (SSSR count). The van der Waals surface area contributed by atoms with Gasteiger partial charge in [0.15, 0.2) is 0 Å². The molecule has 1 N–H and O–H groups in total. The fourth-order valence-electron chi connectivity index (χ4n) is 3.29. The second-order valence-electron chi connectivity index (χ2n) is 7.40. The second-order valence-corrected chi connectivity index (χ2v) is 8.47. The first-order valence-corrected chi connectivity index (χ1v) is 11.2. The molecule has 1 aromatic carbocycles. The fraction of sp³-hybridized carbons (Fsp3) is 0.304. The third-order valence-corrected chi connectivity index (χ3v) is 6.51. The number of pyridine rings is 1. The molecule has 0 aliphatic carbocycles. The minimum absolute atomic E-state index is 0.0350. The average molecular weight is 492 g/mol. The summed E-state index contributed by atoms with van der Waals surface area (Å²) in [5.41, 5.74) is 2.46. The van der Waals surface area contributed by atoms with Crippen molar-refractivity contribution in [1.29, 1.82) is 0 Å². The number of hydrogen-bond donors (Lipinski definition) is 1. The van der Waals surface area contributed by atoms with E-state index in [-0.39, 0.29) is 46.6 Å². The van der Waals surface area contributed by atoms with Gasteiger partial charge in [-0.25, -0.2) is 9.78 Å². The van der Waals surface area contributed by atoms with Gasteiger partial charge >= 0.3 is 12.6 Å². The monoisotopic (exact) mass is 491 g/mol. The number of amides is 2. The molecule has 11 heteroatoms. The van der Waals surface area contributed by atoms with Gasteiger partial charge in [-0.3, -0.25) is 9.59 Å². The molecule has 1 unspecified atom stereocenters. The zero-order chi connectivity index (χ0) is 24.8. The number of alkyl halides is 2. The number of esters is 1. The summed E-state index contributed by atoms with van der Waals surface area (Å²) in [7, 11) is 1.27. The highest BCUT2D eigenvalue weighted by Crippen LogP contribution is 2.34. The van der Waals surface area contributed by atoms with E-state index in [1.165, 1.54) is 49.3 Å². The van der Waals surface area contributed by atoms with E-state index in [1.807, 2.05) is 6.92 Å². The first-order valence-electron chi connectivity index (χ1n) is 10.2. The number of anilines is 1. The SMILES string of the molecule is COC(=O)c1ccc(NC(=O)CSC2C(C)=C(C)C(=O)N2Cc2ccc(OC(F)F)cc2)nc1. The zero-order valence-corrected chi connectivity index (χ0v) is 19.5. The van der Waals surface area contributed by atoms with Gasteiger partial charge in [0, 0.05) is 18.3 Å². The molecule has 1 aliphatic rings. The number of methoxy groups -OCH3 is 1. The van der Waals surface area contributed by atoms with Crippen molar-refractivity contribution in [3.05, 3.63) is 64.9 Å². The lowest BCUT2D eigenvalue weighted by atomic mass is 10.2. The number of halogens is 2. The van der Waals surface area contributed by atoms with Crippen LogP contribution in [0.5, 0.6) is 5.75 Å². The number of rotatable bonds is 9. The Kier molecular flexibility index (Phi) is 8.21. The van der Waals surface area contributed by atoms with Gasteiger partial charge in [0.1, 0.15) is 16.9 Å². The predicted octanol–water partition coefficient (Wildman–Crippen LogP) is 3.85. The van der Waals surface area contributed by atoms with Gasteiger partial charge in [-0.2, -0.15) is 8.78 Å². The van der Waals surface area contributed by atoms with E-state index >= 15 is 0 Å². The highest BCUT2D eigenvalue weighted by atomic mass is 32.2. The first kappa shape index (κ1) is 25.2. The number of aromatic nitrogens is 1. The quantitative estimate of drug-likeness (QED) is 0.532. The van der Waals surface area contributed by atoms with E-state index in [0.29, 0.717) is 5.57 Å². The standard InChI is InChI=1S/C23H23F2N3O5S/c1-13-14(2)21(28(20(13)30)11-15-4-7-17(8-5-15)33-23(24)25)34-12-19(29)27-18-9-6-16(10-26-18)22(31)32-3/h4-10,21,23H,11-12H2,1-3H3,(H,26,27,29). The van der Waals surface area contributed by atoms with E-state index < -0.39 is 12.6 Å². The number of carbonyl (C=O) groups is 3. The molecule has 1 atom stereocenters. The van der Waals surface area contributed by atoms with Crippen LogP contribution < -0.4 is 10.1 Å². The van der Waals surface area contributed by atoms with Crippen LogP contribution in [0.3, 0.4) is 0 Å². The van der Waals surface area contributed by atoms with Crippen LogP contribution >= 0.6 is 11.8 Å². The van der Waals surface area contributed by atoms with Crippen LogP contribution in [0.2, 0.25) is 0 Å². The van der Waals surface area contributed by atoms with Gasteiger partial charge in [-0.05, 0) is 49.2 Å². The molecule has 0 spiro atoms. The van der Waals surface area contributed by atoms with Crippen LogP contribution in [-0.2, 0) is 20.9 Å². The van der Waals surface area contributed by atoms with Crippen molar-refractivity contribution in [2.24, 2.45) is 0 Å². The Hall–Kier alpha value is -3.47. The second kappa shape index (κ2) is 11.1. The van der Waals surface area contributed by atoms with Crippen molar-refractivity contribution in [1.82, 2.24) is 9.88 Å². The maximum atomic E-state index is 12.8. The topological polar surface area (TPSA) is 97.8 Å². The Bertz CT molecular complexity index is 1090. The Balaban J connectivity index is 1.61. The smallest absolute Gasteiger partial charge is 0.387 e. The molecular formula is C23H23F2N3O5S. The van der Waals surface area contributed by atoms with Crippen molar-refractivity contribution in [2.45, 2.75) is 32.4 Å². The summed E-state index contributed by atoms with van der Waals surface area (Å²) < 4.78 is 33.7. The third-order valence-electron chi connectivity index (χ3n) is 5.15. The Morgan fingerprint density at radius 2 is 1.88 bits per heavy atom. The van der Waals surface area contributed by atoms with Crippen molar-refractivity contribution < 1.29 is 32.6 Å².